The zero-order valence-electron chi connectivity index (χ0n) is 10.8. The minimum atomic E-state index is 0. The zero-order chi connectivity index (χ0) is 11.6. The molecule has 5 heteroatoms. The van der Waals surface area contributed by atoms with E-state index in [9.17, 15) is 0 Å². The summed E-state index contributed by atoms with van der Waals surface area (Å²) in [5.41, 5.74) is 6.51. The second-order valence-corrected chi connectivity index (χ2v) is 5.16. The van der Waals surface area contributed by atoms with E-state index in [-0.39, 0.29) is 30.1 Å². The van der Waals surface area contributed by atoms with Gasteiger partial charge >= 0.3 is 0 Å². The summed E-state index contributed by atoms with van der Waals surface area (Å²) in [7, 11) is 0. The molecular weight excluding hydrogens is 329 g/mol. The number of halogens is 1. The largest absolute Gasteiger partial charge is 0.375 e. The van der Waals surface area contributed by atoms with Crippen LogP contribution < -0.4 is 5.73 Å². The van der Waals surface area contributed by atoms with Crippen LogP contribution in [-0.4, -0.2) is 43.2 Å². The van der Waals surface area contributed by atoms with E-state index in [0.717, 1.165) is 26.2 Å². The maximum Gasteiger partial charge on any atom is 0.191 e. The molecule has 17 heavy (non-hydrogen) atoms. The first-order chi connectivity index (χ1) is 7.65. The van der Waals surface area contributed by atoms with Crippen LogP contribution in [-0.2, 0) is 4.74 Å². The van der Waals surface area contributed by atoms with Crippen LogP contribution in [0.4, 0.5) is 0 Å². The number of nitrogens with zero attached hydrogens (tertiary/aromatic N) is 2. The molecule has 0 bridgehead atoms. The van der Waals surface area contributed by atoms with E-state index >= 15 is 0 Å². The van der Waals surface area contributed by atoms with Gasteiger partial charge in [-0.25, -0.2) is 0 Å². The molecule has 1 atom stereocenters. The fraction of sp³-hybridized carbons (Fsp3) is 0.917. The van der Waals surface area contributed by atoms with Crippen molar-refractivity contribution in [3.63, 3.8) is 0 Å². The van der Waals surface area contributed by atoms with Crippen LogP contribution in [0.1, 0.15) is 33.1 Å². The third-order valence-corrected chi connectivity index (χ3v) is 3.85. The first kappa shape index (κ1) is 15.0. The molecule has 0 amide bonds. The predicted octanol–water partition coefficient (Wildman–Crippen LogP) is 1.83. The number of aliphatic imine (C=N–C) groups is 1. The monoisotopic (exact) mass is 353 g/mol. The van der Waals surface area contributed by atoms with Gasteiger partial charge in [0.05, 0.1) is 12.7 Å². The Morgan fingerprint density at radius 3 is 2.76 bits per heavy atom. The maximum atomic E-state index is 6.02. The molecular formula is C12H24IN3O. The van der Waals surface area contributed by atoms with E-state index in [4.69, 9.17) is 10.5 Å². The van der Waals surface area contributed by atoms with Crippen molar-refractivity contribution >= 4 is 29.9 Å². The van der Waals surface area contributed by atoms with Crippen molar-refractivity contribution < 1.29 is 4.74 Å². The lowest BCUT2D eigenvalue weighted by Gasteiger charge is -2.32. The third-order valence-electron chi connectivity index (χ3n) is 3.85. The Kier molecular flexibility index (Phi) is 5.50. The highest BCUT2D eigenvalue weighted by molar-refractivity contribution is 14.0. The Morgan fingerprint density at radius 2 is 2.24 bits per heavy atom. The molecule has 2 rings (SSSR count). The van der Waals surface area contributed by atoms with Gasteiger partial charge in [-0.3, -0.25) is 4.99 Å². The van der Waals surface area contributed by atoms with E-state index in [1.54, 1.807) is 0 Å². The van der Waals surface area contributed by atoms with Gasteiger partial charge in [-0.15, -0.1) is 24.0 Å². The second kappa shape index (κ2) is 6.22. The fourth-order valence-corrected chi connectivity index (χ4v) is 2.18. The molecule has 4 nitrogen and oxygen atoms in total. The average Bonchev–Trinajstić information content (AvgIpc) is 3.07. The van der Waals surface area contributed by atoms with Gasteiger partial charge in [-0.1, -0.05) is 6.92 Å². The molecule has 1 unspecified atom stereocenters. The molecule has 2 aliphatic rings. The van der Waals surface area contributed by atoms with Crippen LogP contribution in [0.5, 0.6) is 0 Å². The van der Waals surface area contributed by atoms with Crippen LogP contribution in [0.15, 0.2) is 4.99 Å². The van der Waals surface area contributed by atoms with Crippen LogP contribution in [0.2, 0.25) is 0 Å². The van der Waals surface area contributed by atoms with Crippen LogP contribution >= 0.6 is 24.0 Å². The molecule has 1 aliphatic heterocycles. The van der Waals surface area contributed by atoms with E-state index in [1.807, 2.05) is 0 Å². The van der Waals surface area contributed by atoms with Crippen molar-refractivity contribution in [3.8, 4) is 0 Å². The Hall–Kier alpha value is -0.0400. The normalized spacial score (nSPS) is 27.5. The van der Waals surface area contributed by atoms with E-state index in [2.05, 4.69) is 23.7 Å². The lowest BCUT2D eigenvalue weighted by molar-refractivity contribution is 0.00527. The van der Waals surface area contributed by atoms with Gasteiger partial charge in [0.25, 0.3) is 0 Å². The number of morpholine rings is 1. The molecule has 1 saturated carbocycles. The Balaban J connectivity index is 0.00000144. The minimum Gasteiger partial charge on any atom is -0.375 e. The highest BCUT2D eigenvalue weighted by Gasteiger charge is 2.40. The van der Waals surface area contributed by atoms with Crippen molar-refractivity contribution in [3.05, 3.63) is 0 Å². The number of hydrogen-bond acceptors (Lipinski definition) is 2. The van der Waals surface area contributed by atoms with Crippen LogP contribution in [0, 0.1) is 5.41 Å². The molecule has 0 aromatic rings. The number of guanidine groups is 1. The molecule has 1 aliphatic carbocycles. The minimum absolute atomic E-state index is 0. The SMILES string of the molecule is CCC1(CN=C(N)N2CCOC(C)C2)CC1.I. The summed E-state index contributed by atoms with van der Waals surface area (Å²) in [5, 5.41) is 0. The van der Waals surface area contributed by atoms with Crippen LogP contribution in [0.3, 0.4) is 0 Å². The van der Waals surface area contributed by atoms with E-state index in [1.165, 1.54) is 19.3 Å². The zero-order valence-corrected chi connectivity index (χ0v) is 13.1. The summed E-state index contributed by atoms with van der Waals surface area (Å²) in [6.07, 6.45) is 4.13. The molecule has 1 heterocycles. The Labute approximate surface area is 121 Å². The first-order valence-electron chi connectivity index (χ1n) is 6.32. The lowest BCUT2D eigenvalue weighted by Crippen LogP contribution is -2.48. The average molecular weight is 353 g/mol. The van der Waals surface area contributed by atoms with Gasteiger partial charge in [0.2, 0.25) is 0 Å². The van der Waals surface area contributed by atoms with Crippen molar-refractivity contribution in [2.75, 3.05) is 26.2 Å². The maximum absolute atomic E-state index is 6.02. The van der Waals surface area contributed by atoms with Crippen LogP contribution in [0.25, 0.3) is 0 Å². The third kappa shape index (κ3) is 3.98. The predicted molar refractivity (Wildman–Crippen MR) is 80.8 cm³/mol. The summed E-state index contributed by atoms with van der Waals surface area (Å²) < 4.78 is 5.48. The van der Waals surface area contributed by atoms with E-state index < -0.39 is 0 Å². The summed E-state index contributed by atoms with van der Waals surface area (Å²) in [5.74, 6) is 0.704. The molecule has 2 fully saturated rings. The molecule has 1 saturated heterocycles. The molecule has 100 valence electrons. The van der Waals surface area contributed by atoms with Gasteiger partial charge in [-0.05, 0) is 31.6 Å². The molecule has 0 aromatic heterocycles. The Bertz CT molecular complexity index is 279. The number of nitrogens with two attached hydrogens (primary N) is 1. The Morgan fingerprint density at radius 1 is 1.53 bits per heavy atom. The van der Waals surface area contributed by atoms with Gasteiger partial charge in [-0.2, -0.15) is 0 Å². The second-order valence-electron chi connectivity index (χ2n) is 5.16. The summed E-state index contributed by atoms with van der Waals surface area (Å²) >= 11 is 0. The standard InChI is InChI=1S/C12H23N3O.HI/c1-3-12(4-5-12)9-14-11(13)15-6-7-16-10(2)8-15;/h10H,3-9H2,1-2H3,(H2,13,14);1H. The van der Waals surface area contributed by atoms with Crippen molar-refractivity contribution in [1.82, 2.24) is 4.90 Å². The lowest BCUT2D eigenvalue weighted by atomic mass is 10.1. The highest BCUT2D eigenvalue weighted by Crippen LogP contribution is 2.48. The number of hydrogen-bond donors (Lipinski definition) is 1. The fourth-order valence-electron chi connectivity index (χ4n) is 2.18. The van der Waals surface area contributed by atoms with Gasteiger partial charge in [0.15, 0.2) is 5.96 Å². The number of ether oxygens (including phenoxy) is 1. The molecule has 0 spiro atoms. The van der Waals surface area contributed by atoms with Crippen molar-refractivity contribution in [2.45, 2.75) is 39.2 Å². The quantitative estimate of drug-likeness (QED) is 0.479. The molecule has 0 aromatic carbocycles. The van der Waals surface area contributed by atoms with Gasteiger partial charge in [0, 0.05) is 19.6 Å². The topological polar surface area (TPSA) is 50.8 Å². The molecule has 0 radical (unpaired) electrons. The van der Waals surface area contributed by atoms with E-state index in [0.29, 0.717) is 11.4 Å². The first-order valence-corrected chi connectivity index (χ1v) is 6.32. The smallest absolute Gasteiger partial charge is 0.191 e. The van der Waals surface area contributed by atoms with Crippen molar-refractivity contribution in [1.29, 1.82) is 0 Å². The van der Waals surface area contributed by atoms with Gasteiger partial charge < -0.3 is 15.4 Å². The summed E-state index contributed by atoms with van der Waals surface area (Å²) in [4.78, 5) is 6.69. The highest BCUT2D eigenvalue weighted by atomic mass is 127. The molecule has 2 N–H and O–H groups in total. The van der Waals surface area contributed by atoms with Crippen molar-refractivity contribution in [2.24, 2.45) is 16.1 Å². The van der Waals surface area contributed by atoms with Gasteiger partial charge in [0.1, 0.15) is 0 Å². The summed E-state index contributed by atoms with van der Waals surface area (Å²) in [6.45, 7) is 7.73. The number of rotatable bonds is 3. The summed E-state index contributed by atoms with van der Waals surface area (Å²) in [6, 6.07) is 0.